The van der Waals surface area contributed by atoms with E-state index in [9.17, 15) is 9.59 Å². The molecule has 2 N–H and O–H groups in total. The second-order valence-electron chi connectivity index (χ2n) is 4.55. The summed E-state index contributed by atoms with van der Waals surface area (Å²) in [5.41, 5.74) is 1.83. The molecule has 0 saturated heterocycles. The van der Waals surface area contributed by atoms with E-state index in [1.807, 2.05) is 36.6 Å². The number of anilines is 1. The minimum absolute atomic E-state index is 0.117. The summed E-state index contributed by atoms with van der Waals surface area (Å²) in [6, 6.07) is 9.25. The summed E-state index contributed by atoms with van der Waals surface area (Å²) in [6.07, 6.45) is 2.48. The number of para-hydroxylation sites is 1. The number of rotatable bonds is 5. The Morgan fingerprint density at radius 1 is 1.33 bits per heavy atom. The molecule has 0 aliphatic carbocycles. The van der Waals surface area contributed by atoms with Gasteiger partial charge in [-0.3, -0.25) is 9.59 Å². The van der Waals surface area contributed by atoms with Crippen LogP contribution in [0.2, 0.25) is 0 Å². The van der Waals surface area contributed by atoms with E-state index >= 15 is 0 Å². The summed E-state index contributed by atoms with van der Waals surface area (Å²) >= 11 is 1.39. The number of thioether (sulfide) groups is 1. The summed E-state index contributed by atoms with van der Waals surface area (Å²) in [6.45, 7) is 1.79. The fourth-order valence-corrected chi connectivity index (χ4v) is 2.38. The first-order valence-corrected chi connectivity index (χ1v) is 7.81. The van der Waals surface area contributed by atoms with Crippen LogP contribution in [-0.2, 0) is 11.2 Å². The lowest BCUT2D eigenvalue weighted by molar-refractivity contribution is -0.116. The van der Waals surface area contributed by atoms with Crippen LogP contribution in [-0.4, -0.2) is 22.1 Å². The average molecular weight is 303 g/mol. The van der Waals surface area contributed by atoms with Gasteiger partial charge in [0.1, 0.15) is 0 Å². The third-order valence-corrected chi connectivity index (χ3v) is 3.63. The van der Waals surface area contributed by atoms with Crippen LogP contribution in [0.4, 0.5) is 5.69 Å². The van der Waals surface area contributed by atoms with Gasteiger partial charge in [-0.15, -0.1) is 0 Å². The first-order valence-electron chi connectivity index (χ1n) is 6.59. The monoisotopic (exact) mass is 303 g/mol. The molecule has 2 aromatic rings. The van der Waals surface area contributed by atoms with Gasteiger partial charge in [0.15, 0.2) is 5.16 Å². The molecule has 0 aliphatic rings. The van der Waals surface area contributed by atoms with Crippen LogP contribution in [0.15, 0.2) is 40.3 Å². The van der Waals surface area contributed by atoms with Crippen molar-refractivity contribution in [2.45, 2.75) is 24.9 Å². The van der Waals surface area contributed by atoms with Gasteiger partial charge >= 0.3 is 0 Å². The summed E-state index contributed by atoms with van der Waals surface area (Å²) in [4.78, 5) is 30.8. The number of carbonyl (C=O) groups excluding carboxylic acids is 1. The predicted octanol–water partition coefficient (Wildman–Crippen LogP) is 2.37. The molecule has 1 aromatic heterocycles. The molecule has 1 heterocycles. The van der Waals surface area contributed by atoms with Crippen LogP contribution in [0.3, 0.4) is 0 Å². The number of benzene rings is 1. The predicted molar refractivity (Wildman–Crippen MR) is 84.8 cm³/mol. The highest BCUT2D eigenvalue weighted by Crippen LogP contribution is 2.10. The van der Waals surface area contributed by atoms with Crippen molar-refractivity contribution in [3.63, 3.8) is 0 Å². The zero-order chi connectivity index (χ0) is 15.2. The lowest BCUT2D eigenvalue weighted by Gasteiger charge is -2.07. The van der Waals surface area contributed by atoms with E-state index in [-0.39, 0.29) is 17.9 Å². The van der Waals surface area contributed by atoms with Crippen molar-refractivity contribution in [1.29, 1.82) is 0 Å². The number of amides is 1. The second kappa shape index (κ2) is 7.08. The number of aromatic amines is 1. The average Bonchev–Trinajstić information content (AvgIpc) is 2.47. The lowest BCUT2D eigenvalue weighted by Crippen LogP contribution is -2.20. The molecule has 5 nitrogen and oxygen atoms in total. The van der Waals surface area contributed by atoms with E-state index in [2.05, 4.69) is 15.3 Å². The van der Waals surface area contributed by atoms with Gasteiger partial charge in [-0.05, 0) is 31.7 Å². The number of hydrogen-bond donors (Lipinski definition) is 2. The second-order valence-corrected chi connectivity index (χ2v) is 5.35. The number of hydrogen-bond acceptors (Lipinski definition) is 4. The Labute approximate surface area is 127 Å². The minimum atomic E-state index is -0.167. The smallest absolute Gasteiger partial charge is 0.254 e. The first-order chi connectivity index (χ1) is 10.1. The van der Waals surface area contributed by atoms with Gasteiger partial charge in [-0.1, -0.05) is 30.0 Å². The van der Waals surface area contributed by atoms with Crippen molar-refractivity contribution in [1.82, 2.24) is 9.97 Å². The van der Waals surface area contributed by atoms with Crippen LogP contribution < -0.4 is 10.9 Å². The van der Waals surface area contributed by atoms with Crippen molar-refractivity contribution < 1.29 is 4.79 Å². The molecule has 1 amide bonds. The number of nitrogens with zero attached hydrogens (tertiary/aromatic N) is 1. The van der Waals surface area contributed by atoms with Crippen LogP contribution in [0.1, 0.15) is 17.7 Å². The zero-order valence-corrected chi connectivity index (χ0v) is 12.8. The summed E-state index contributed by atoms with van der Waals surface area (Å²) in [7, 11) is 0. The molecule has 110 valence electrons. The Hall–Kier alpha value is -2.08. The van der Waals surface area contributed by atoms with Crippen molar-refractivity contribution in [3.8, 4) is 0 Å². The van der Waals surface area contributed by atoms with Crippen molar-refractivity contribution >= 4 is 23.4 Å². The van der Waals surface area contributed by atoms with Crippen LogP contribution in [0.25, 0.3) is 0 Å². The standard InChI is InChI=1S/C15H17N3O2S/c1-10-12(14(20)18-15(16-10)21-2)8-9-13(19)17-11-6-4-3-5-7-11/h3-7H,8-9H2,1-2H3,(H,17,19)(H,16,18,20). The Kier molecular flexibility index (Phi) is 5.16. The molecule has 0 bridgehead atoms. The van der Waals surface area contributed by atoms with E-state index in [1.54, 1.807) is 6.92 Å². The van der Waals surface area contributed by atoms with Gasteiger partial charge in [0.2, 0.25) is 5.91 Å². The Bertz CT molecular complexity index is 683. The summed E-state index contributed by atoms with van der Waals surface area (Å²) < 4.78 is 0. The molecule has 0 atom stereocenters. The van der Waals surface area contributed by atoms with Gasteiger partial charge in [0.05, 0.1) is 0 Å². The number of H-pyrrole nitrogens is 1. The van der Waals surface area contributed by atoms with Gasteiger partial charge in [-0.25, -0.2) is 4.98 Å². The quantitative estimate of drug-likeness (QED) is 0.657. The molecule has 6 heteroatoms. The normalized spacial score (nSPS) is 10.4. The highest BCUT2D eigenvalue weighted by Gasteiger charge is 2.10. The molecular weight excluding hydrogens is 286 g/mol. The molecular formula is C15H17N3O2S. The number of aromatic nitrogens is 2. The highest BCUT2D eigenvalue weighted by molar-refractivity contribution is 7.98. The van der Waals surface area contributed by atoms with Crippen LogP contribution in [0, 0.1) is 6.92 Å². The lowest BCUT2D eigenvalue weighted by atomic mass is 10.1. The molecule has 0 radical (unpaired) electrons. The topological polar surface area (TPSA) is 74.8 Å². The number of nitrogens with one attached hydrogen (secondary N) is 2. The van der Waals surface area contributed by atoms with E-state index in [0.29, 0.717) is 22.8 Å². The fraction of sp³-hybridized carbons (Fsp3) is 0.267. The van der Waals surface area contributed by atoms with Gasteiger partial charge in [-0.2, -0.15) is 0 Å². The van der Waals surface area contributed by atoms with Crippen LogP contribution >= 0.6 is 11.8 Å². The van der Waals surface area contributed by atoms with E-state index in [1.165, 1.54) is 11.8 Å². The van der Waals surface area contributed by atoms with Gasteiger partial charge < -0.3 is 10.3 Å². The molecule has 0 fully saturated rings. The Balaban J connectivity index is 2.00. The molecule has 2 rings (SSSR count). The maximum absolute atomic E-state index is 11.9. The minimum Gasteiger partial charge on any atom is -0.326 e. The van der Waals surface area contributed by atoms with Crippen molar-refractivity contribution in [3.05, 3.63) is 51.9 Å². The molecule has 0 saturated carbocycles. The summed E-state index contributed by atoms with van der Waals surface area (Å²) in [5.74, 6) is -0.117. The number of aryl methyl sites for hydroxylation is 1. The molecule has 0 spiro atoms. The molecule has 0 aliphatic heterocycles. The molecule has 21 heavy (non-hydrogen) atoms. The summed E-state index contributed by atoms with van der Waals surface area (Å²) in [5, 5.41) is 3.39. The maximum atomic E-state index is 11.9. The third kappa shape index (κ3) is 4.19. The Morgan fingerprint density at radius 3 is 2.67 bits per heavy atom. The van der Waals surface area contributed by atoms with Gasteiger partial charge in [0, 0.05) is 23.4 Å². The Morgan fingerprint density at radius 2 is 2.05 bits per heavy atom. The van der Waals surface area contributed by atoms with Gasteiger partial charge in [0.25, 0.3) is 5.56 Å². The van der Waals surface area contributed by atoms with Crippen LogP contribution in [0.5, 0.6) is 0 Å². The van der Waals surface area contributed by atoms with E-state index < -0.39 is 0 Å². The van der Waals surface area contributed by atoms with E-state index in [4.69, 9.17) is 0 Å². The fourth-order valence-electron chi connectivity index (χ4n) is 1.96. The van der Waals surface area contributed by atoms with E-state index in [0.717, 1.165) is 5.69 Å². The SMILES string of the molecule is CSc1nc(C)c(CCC(=O)Nc2ccccc2)c(=O)[nH]1. The molecule has 0 unspecified atom stereocenters. The first kappa shape index (κ1) is 15.3. The largest absolute Gasteiger partial charge is 0.326 e. The zero-order valence-electron chi connectivity index (χ0n) is 12.0. The van der Waals surface area contributed by atoms with Crippen molar-refractivity contribution in [2.24, 2.45) is 0 Å². The van der Waals surface area contributed by atoms with Crippen molar-refractivity contribution in [2.75, 3.05) is 11.6 Å². The third-order valence-electron chi connectivity index (χ3n) is 3.05. The maximum Gasteiger partial charge on any atom is 0.254 e. The number of carbonyl (C=O) groups is 1. The molecule has 1 aromatic carbocycles. The highest BCUT2D eigenvalue weighted by atomic mass is 32.2.